The molecule has 1 aliphatic rings. The molecule has 10 heteroatoms. The van der Waals surface area contributed by atoms with Crippen molar-refractivity contribution < 1.29 is 14.1 Å². The molecule has 1 fully saturated rings. The summed E-state index contributed by atoms with van der Waals surface area (Å²) in [5.74, 6) is 1.55. The van der Waals surface area contributed by atoms with Crippen LogP contribution in [0.3, 0.4) is 0 Å². The zero-order chi connectivity index (χ0) is 24.4. The smallest absolute Gasteiger partial charge is 0.273 e. The number of nitro benzene ring substituents is 1. The van der Waals surface area contributed by atoms with E-state index >= 15 is 0 Å². The van der Waals surface area contributed by atoms with Gasteiger partial charge in [-0.25, -0.2) is 0 Å². The van der Waals surface area contributed by atoms with Crippen molar-refractivity contribution in [3.05, 3.63) is 106 Å². The number of aromatic nitrogens is 2. The largest absolute Gasteiger partial charge is 0.496 e. The lowest BCUT2D eigenvalue weighted by Crippen LogP contribution is -2.29. The first-order valence-corrected chi connectivity index (χ1v) is 11.3. The number of rotatable bonds is 7. The molecule has 9 nitrogen and oxygen atoms in total. The zero-order valence-corrected chi connectivity index (χ0v) is 19.5. The van der Waals surface area contributed by atoms with E-state index in [1.807, 2.05) is 53.4 Å². The summed E-state index contributed by atoms with van der Waals surface area (Å²) >= 11 is 5.71. The fraction of sp³-hybridized carbons (Fsp3) is 0.160. The van der Waals surface area contributed by atoms with Crippen molar-refractivity contribution in [3.8, 4) is 17.1 Å². The van der Waals surface area contributed by atoms with Gasteiger partial charge in [0.25, 0.3) is 5.69 Å². The Morgan fingerprint density at radius 3 is 2.60 bits per heavy atom. The highest BCUT2D eigenvalue weighted by Crippen LogP contribution is 2.42. The van der Waals surface area contributed by atoms with Crippen molar-refractivity contribution in [1.29, 1.82) is 0 Å². The predicted octanol–water partition coefficient (Wildman–Crippen LogP) is 4.83. The Bertz CT molecular complexity index is 1360. The maximum atomic E-state index is 11.2. The van der Waals surface area contributed by atoms with Crippen LogP contribution in [0.4, 0.5) is 5.69 Å². The number of nitrogens with one attached hydrogen (secondary N) is 1. The third kappa shape index (κ3) is 4.43. The van der Waals surface area contributed by atoms with E-state index in [9.17, 15) is 10.1 Å². The molecule has 5 rings (SSSR count). The molecule has 1 saturated heterocycles. The summed E-state index contributed by atoms with van der Waals surface area (Å²) in [5.41, 5.74) is 2.25. The number of nitro groups is 1. The molecule has 0 aliphatic carbocycles. The summed E-state index contributed by atoms with van der Waals surface area (Å²) in [6, 6.07) is 19.1. The van der Waals surface area contributed by atoms with Gasteiger partial charge in [0, 0.05) is 18.5 Å². The number of methoxy groups -OCH3 is 1. The van der Waals surface area contributed by atoms with Crippen LogP contribution < -0.4 is 10.1 Å². The molecule has 0 unspecified atom stereocenters. The van der Waals surface area contributed by atoms with Crippen LogP contribution in [0.15, 0.2) is 83.5 Å². The zero-order valence-electron chi connectivity index (χ0n) is 18.7. The quantitative estimate of drug-likeness (QED) is 0.223. The van der Waals surface area contributed by atoms with Crippen molar-refractivity contribution in [2.75, 3.05) is 7.11 Å². The first-order valence-electron chi connectivity index (χ1n) is 10.9. The van der Waals surface area contributed by atoms with E-state index in [0.717, 1.165) is 11.4 Å². The Balaban J connectivity index is 1.54. The van der Waals surface area contributed by atoms with Gasteiger partial charge in [-0.05, 0) is 54.7 Å². The molecule has 176 valence electrons. The van der Waals surface area contributed by atoms with E-state index in [1.165, 1.54) is 19.2 Å². The van der Waals surface area contributed by atoms with Crippen LogP contribution in [0.5, 0.6) is 5.75 Å². The van der Waals surface area contributed by atoms with Crippen molar-refractivity contribution in [3.63, 3.8) is 0 Å². The molecule has 1 aliphatic heterocycles. The lowest BCUT2D eigenvalue weighted by Gasteiger charge is -2.25. The van der Waals surface area contributed by atoms with Crippen molar-refractivity contribution >= 4 is 23.0 Å². The van der Waals surface area contributed by atoms with Gasteiger partial charge in [0.05, 0.1) is 47.6 Å². The number of non-ortho nitro benzene ring substituents is 1. The molecule has 35 heavy (non-hydrogen) atoms. The molecule has 0 saturated carbocycles. The summed E-state index contributed by atoms with van der Waals surface area (Å²) in [7, 11) is 1.47. The fourth-order valence-corrected chi connectivity index (χ4v) is 4.51. The van der Waals surface area contributed by atoms with Gasteiger partial charge in [-0.3, -0.25) is 20.1 Å². The number of ether oxygens (including phenoxy) is 1. The van der Waals surface area contributed by atoms with Crippen molar-refractivity contribution in [2.24, 2.45) is 0 Å². The second kappa shape index (κ2) is 9.51. The van der Waals surface area contributed by atoms with Crippen LogP contribution in [0.25, 0.3) is 11.3 Å². The van der Waals surface area contributed by atoms with Gasteiger partial charge >= 0.3 is 0 Å². The molecule has 4 heterocycles. The topological polar surface area (TPSA) is 107 Å². The molecule has 2 atom stereocenters. The van der Waals surface area contributed by atoms with Crippen LogP contribution >= 0.6 is 12.2 Å². The minimum absolute atomic E-state index is 0.0560. The lowest BCUT2D eigenvalue weighted by atomic mass is 10.0. The van der Waals surface area contributed by atoms with E-state index in [1.54, 1.807) is 18.5 Å². The average molecular weight is 488 g/mol. The number of thiocarbonyl (C=S) groups is 1. The predicted molar refractivity (Wildman–Crippen MR) is 133 cm³/mol. The van der Waals surface area contributed by atoms with Gasteiger partial charge in [0.1, 0.15) is 23.3 Å². The normalized spacial score (nSPS) is 17.3. The maximum Gasteiger partial charge on any atom is 0.273 e. The first kappa shape index (κ1) is 22.5. The molecule has 1 N–H and O–H groups in total. The summed E-state index contributed by atoms with van der Waals surface area (Å²) in [6.45, 7) is 0.484. The Kier molecular flexibility index (Phi) is 6.11. The Morgan fingerprint density at radius 1 is 1.11 bits per heavy atom. The monoisotopic (exact) mass is 487 g/mol. The molecule has 3 aromatic heterocycles. The highest BCUT2D eigenvalue weighted by atomic mass is 32.1. The highest BCUT2D eigenvalue weighted by Gasteiger charge is 2.42. The minimum Gasteiger partial charge on any atom is -0.496 e. The van der Waals surface area contributed by atoms with Gasteiger partial charge < -0.3 is 19.4 Å². The molecule has 0 amide bonds. The van der Waals surface area contributed by atoms with Gasteiger partial charge in [-0.2, -0.15) is 0 Å². The standard InChI is InChI=1S/C25H21N5O4S/c1-33-22-14-17(30(31)32)8-9-18(22)20-10-11-21(34-20)24-23(19-7-3-5-13-27-19)28-25(35)29(24)15-16-6-2-4-12-26-16/h2-14,23-24H,15H2,1H3,(H,28,35)/t23-,24+/m1/s1. The highest BCUT2D eigenvalue weighted by molar-refractivity contribution is 7.80. The summed E-state index contributed by atoms with van der Waals surface area (Å²) in [6.07, 6.45) is 3.49. The van der Waals surface area contributed by atoms with Gasteiger partial charge in [0.2, 0.25) is 0 Å². The molecule has 1 aromatic carbocycles. The second-order valence-corrected chi connectivity index (χ2v) is 8.31. The third-order valence-corrected chi connectivity index (χ3v) is 6.19. The van der Waals surface area contributed by atoms with E-state index in [-0.39, 0.29) is 17.8 Å². The molecule has 0 spiro atoms. The Morgan fingerprint density at radius 2 is 1.91 bits per heavy atom. The number of hydrogen-bond acceptors (Lipinski definition) is 7. The fourth-order valence-electron chi connectivity index (χ4n) is 4.20. The minimum atomic E-state index is -0.460. The SMILES string of the molecule is COc1cc([N+](=O)[O-])ccc1-c1ccc([C@H]2[C@@H](c3ccccn3)NC(=S)N2Cc2ccccn2)o1. The molecular formula is C25H21N5O4S. The number of pyridine rings is 2. The van der Waals surface area contributed by atoms with Crippen LogP contribution in [0.2, 0.25) is 0 Å². The number of hydrogen-bond donors (Lipinski definition) is 1. The van der Waals surface area contributed by atoms with Crippen LogP contribution in [-0.4, -0.2) is 32.0 Å². The molecule has 4 aromatic rings. The van der Waals surface area contributed by atoms with Gasteiger partial charge in [-0.15, -0.1) is 0 Å². The summed E-state index contributed by atoms with van der Waals surface area (Å²) < 4.78 is 11.7. The summed E-state index contributed by atoms with van der Waals surface area (Å²) in [4.78, 5) is 21.7. The van der Waals surface area contributed by atoms with Crippen LogP contribution in [-0.2, 0) is 6.54 Å². The van der Waals surface area contributed by atoms with Crippen LogP contribution in [0, 0.1) is 10.1 Å². The van der Waals surface area contributed by atoms with Crippen molar-refractivity contribution in [2.45, 2.75) is 18.6 Å². The average Bonchev–Trinajstić information content (AvgIpc) is 3.49. The Labute approximate surface area is 206 Å². The van der Waals surface area contributed by atoms with E-state index < -0.39 is 4.92 Å². The van der Waals surface area contributed by atoms with Crippen molar-refractivity contribution in [1.82, 2.24) is 20.2 Å². The summed E-state index contributed by atoms with van der Waals surface area (Å²) in [5, 5.41) is 15.1. The Hall–Kier alpha value is -4.31. The van der Waals surface area contributed by atoms with Gasteiger partial charge in [0.15, 0.2) is 5.11 Å². The third-order valence-electron chi connectivity index (χ3n) is 5.84. The number of nitrogens with zero attached hydrogens (tertiary/aromatic N) is 4. The number of benzene rings is 1. The maximum absolute atomic E-state index is 11.2. The number of furan rings is 1. The lowest BCUT2D eigenvalue weighted by molar-refractivity contribution is -0.384. The van der Waals surface area contributed by atoms with E-state index in [0.29, 0.717) is 34.5 Å². The first-order chi connectivity index (χ1) is 17.0. The van der Waals surface area contributed by atoms with Gasteiger partial charge in [-0.1, -0.05) is 12.1 Å². The molecule has 0 bridgehead atoms. The second-order valence-electron chi connectivity index (χ2n) is 7.92. The molecule has 0 radical (unpaired) electrons. The van der Waals surface area contributed by atoms with Crippen LogP contribution in [0.1, 0.15) is 29.2 Å². The molecular weight excluding hydrogens is 466 g/mol. The van der Waals surface area contributed by atoms with E-state index in [4.69, 9.17) is 21.4 Å². The van der Waals surface area contributed by atoms with E-state index in [2.05, 4.69) is 15.3 Å².